The van der Waals surface area contributed by atoms with Crippen molar-refractivity contribution in [1.29, 1.82) is 0 Å². The van der Waals surface area contributed by atoms with Crippen LogP contribution in [0.25, 0.3) is 34.0 Å². The van der Waals surface area contributed by atoms with Crippen LogP contribution in [0.5, 0.6) is 5.75 Å². The lowest BCUT2D eigenvalue weighted by Crippen LogP contribution is -2.11. The Hall–Kier alpha value is -3.54. The van der Waals surface area contributed by atoms with E-state index in [0.29, 0.717) is 11.1 Å². The summed E-state index contributed by atoms with van der Waals surface area (Å²) in [7, 11) is 0. The van der Waals surface area contributed by atoms with E-state index < -0.39 is 17.2 Å². The van der Waals surface area contributed by atoms with Gasteiger partial charge in [-0.25, -0.2) is 8.78 Å². The molecule has 0 amide bonds. The third kappa shape index (κ3) is 3.56. The van der Waals surface area contributed by atoms with E-state index in [4.69, 9.17) is 4.52 Å². The highest BCUT2D eigenvalue weighted by atomic mass is 19.1. The van der Waals surface area contributed by atoms with Gasteiger partial charge in [-0.2, -0.15) is 4.98 Å². The molecule has 30 heavy (non-hydrogen) atoms. The van der Waals surface area contributed by atoms with E-state index >= 15 is 0 Å². The summed E-state index contributed by atoms with van der Waals surface area (Å²) in [4.78, 5) is 4.17. The van der Waals surface area contributed by atoms with Crippen LogP contribution >= 0.6 is 0 Å². The molecule has 1 aromatic heterocycles. The smallest absolute Gasteiger partial charge is 0.264 e. The van der Waals surface area contributed by atoms with Crippen LogP contribution in [0.2, 0.25) is 0 Å². The number of aromatic nitrogens is 2. The number of hydrogen-bond donors (Lipinski definition) is 1. The van der Waals surface area contributed by atoms with Crippen molar-refractivity contribution in [3.63, 3.8) is 0 Å². The van der Waals surface area contributed by atoms with E-state index in [9.17, 15) is 13.9 Å². The monoisotopic (exact) mass is 406 g/mol. The zero-order valence-electron chi connectivity index (χ0n) is 16.8. The minimum absolute atomic E-state index is 0.0319. The molecule has 0 spiro atoms. The van der Waals surface area contributed by atoms with Gasteiger partial charge in [-0.15, -0.1) is 0 Å². The first kappa shape index (κ1) is 19.8. The van der Waals surface area contributed by atoms with Crippen molar-refractivity contribution in [2.24, 2.45) is 0 Å². The van der Waals surface area contributed by atoms with Gasteiger partial charge < -0.3 is 9.63 Å². The molecular weight excluding hydrogens is 386 g/mol. The summed E-state index contributed by atoms with van der Waals surface area (Å²) in [5.74, 6) is -1.88. The topological polar surface area (TPSA) is 59.2 Å². The SMILES string of the molecule is CC(C)(C)c1cc(-c2ccccc2)c(O)c(-c2noc(-c3c(F)cccc3F)n2)c1. The second-order valence-corrected chi connectivity index (χ2v) is 8.06. The molecule has 1 N–H and O–H groups in total. The van der Waals surface area contributed by atoms with Crippen molar-refractivity contribution in [3.8, 4) is 39.7 Å². The number of benzene rings is 3. The summed E-state index contributed by atoms with van der Waals surface area (Å²) in [5, 5.41) is 14.9. The highest BCUT2D eigenvalue weighted by molar-refractivity contribution is 5.81. The molecule has 0 aliphatic rings. The Kier molecular flexibility index (Phi) is 4.86. The van der Waals surface area contributed by atoms with Crippen LogP contribution < -0.4 is 0 Å². The maximum absolute atomic E-state index is 14.1. The predicted molar refractivity (Wildman–Crippen MR) is 111 cm³/mol. The Morgan fingerprint density at radius 3 is 2.13 bits per heavy atom. The number of halogens is 2. The van der Waals surface area contributed by atoms with E-state index in [1.165, 1.54) is 6.07 Å². The fraction of sp³-hybridized carbons (Fsp3) is 0.167. The molecule has 6 heteroatoms. The van der Waals surface area contributed by atoms with Gasteiger partial charge in [0.05, 0.1) is 5.56 Å². The zero-order valence-corrected chi connectivity index (χ0v) is 16.8. The summed E-state index contributed by atoms with van der Waals surface area (Å²) in [6.45, 7) is 6.15. The number of rotatable bonds is 3. The van der Waals surface area contributed by atoms with Crippen molar-refractivity contribution in [3.05, 3.63) is 77.9 Å². The van der Waals surface area contributed by atoms with Gasteiger partial charge in [-0.1, -0.05) is 62.3 Å². The fourth-order valence-electron chi connectivity index (χ4n) is 3.21. The Labute approximate surface area is 172 Å². The summed E-state index contributed by atoms with van der Waals surface area (Å²) >= 11 is 0. The van der Waals surface area contributed by atoms with Gasteiger partial charge in [0, 0.05) is 5.56 Å². The van der Waals surface area contributed by atoms with Gasteiger partial charge in [-0.3, -0.25) is 0 Å². The number of aromatic hydroxyl groups is 1. The molecule has 4 aromatic rings. The van der Waals surface area contributed by atoms with Crippen LogP contribution in [0.3, 0.4) is 0 Å². The Morgan fingerprint density at radius 2 is 1.50 bits per heavy atom. The van der Waals surface area contributed by atoms with E-state index in [1.54, 1.807) is 6.07 Å². The van der Waals surface area contributed by atoms with Crippen molar-refractivity contribution in [2.75, 3.05) is 0 Å². The Balaban J connectivity index is 1.90. The minimum atomic E-state index is -0.803. The van der Waals surface area contributed by atoms with Crippen LogP contribution in [0.1, 0.15) is 26.3 Å². The minimum Gasteiger partial charge on any atom is -0.507 e. The molecule has 0 bridgehead atoms. The molecule has 0 radical (unpaired) electrons. The average Bonchev–Trinajstić information content (AvgIpc) is 3.17. The van der Waals surface area contributed by atoms with Crippen LogP contribution in [0.4, 0.5) is 8.78 Å². The average molecular weight is 406 g/mol. The van der Waals surface area contributed by atoms with Crippen molar-refractivity contribution < 1.29 is 18.4 Å². The normalized spacial score (nSPS) is 11.6. The second-order valence-electron chi connectivity index (χ2n) is 8.06. The maximum Gasteiger partial charge on any atom is 0.264 e. The predicted octanol–water partition coefficient (Wildman–Crippen LogP) is 6.35. The van der Waals surface area contributed by atoms with Crippen LogP contribution in [-0.4, -0.2) is 15.2 Å². The van der Waals surface area contributed by atoms with Crippen LogP contribution in [0.15, 0.2) is 65.2 Å². The van der Waals surface area contributed by atoms with E-state index in [0.717, 1.165) is 23.3 Å². The standard InChI is InChI=1S/C24H20F2N2O2/c1-24(2,3)15-12-16(14-8-5-4-6-9-14)21(29)17(13-15)22-27-23(30-28-22)20-18(25)10-7-11-19(20)26/h4-13,29H,1-3H3. The second kappa shape index (κ2) is 7.37. The summed E-state index contributed by atoms with van der Waals surface area (Å²) in [6, 6.07) is 16.6. The largest absolute Gasteiger partial charge is 0.507 e. The molecule has 152 valence electrons. The molecule has 4 rings (SSSR count). The fourth-order valence-corrected chi connectivity index (χ4v) is 3.21. The maximum atomic E-state index is 14.1. The zero-order chi connectivity index (χ0) is 21.5. The molecule has 1 heterocycles. The number of phenolic OH excluding ortho intramolecular Hbond substituents is 1. The molecule has 0 unspecified atom stereocenters. The molecule has 0 saturated heterocycles. The lowest BCUT2D eigenvalue weighted by atomic mass is 9.83. The lowest BCUT2D eigenvalue weighted by Gasteiger charge is -2.22. The van der Waals surface area contributed by atoms with Crippen LogP contribution in [-0.2, 0) is 5.41 Å². The highest BCUT2D eigenvalue weighted by Crippen LogP contribution is 2.41. The van der Waals surface area contributed by atoms with E-state index in [2.05, 4.69) is 10.1 Å². The Morgan fingerprint density at radius 1 is 0.867 bits per heavy atom. The molecule has 4 nitrogen and oxygen atoms in total. The van der Waals surface area contributed by atoms with E-state index in [-0.39, 0.29) is 22.9 Å². The van der Waals surface area contributed by atoms with Gasteiger partial charge >= 0.3 is 0 Å². The molecule has 0 fully saturated rings. The summed E-state index contributed by atoms with van der Waals surface area (Å²) < 4.78 is 33.4. The first-order chi connectivity index (χ1) is 14.3. The quantitative estimate of drug-likeness (QED) is 0.431. The third-order valence-electron chi connectivity index (χ3n) is 4.90. The molecule has 0 aliphatic carbocycles. The van der Waals surface area contributed by atoms with Crippen LogP contribution in [0, 0.1) is 11.6 Å². The van der Waals surface area contributed by atoms with Gasteiger partial charge in [0.25, 0.3) is 5.89 Å². The number of phenols is 1. The summed E-state index contributed by atoms with van der Waals surface area (Å²) in [5.41, 5.74) is 2.08. The van der Waals surface area contributed by atoms with E-state index in [1.807, 2.05) is 57.2 Å². The van der Waals surface area contributed by atoms with Gasteiger partial charge in [0.15, 0.2) is 0 Å². The molecule has 0 atom stereocenters. The van der Waals surface area contributed by atoms with Gasteiger partial charge in [-0.05, 0) is 40.8 Å². The lowest BCUT2D eigenvalue weighted by molar-refractivity contribution is 0.425. The van der Waals surface area contributed by atoms with Gasteiger partial charge in [0.2, 0.25) is 5.82 Å². The first-order valence-electron chi connectivity index (χ1n) is 9.47. The molecule has 0 saturated carbocycles. The molecule has 0 aliphatic heterocycles. The number of hydrogen-bond acceptors (Lipinski definition) is 4. The van der Waals surface area contributed by atoms with Crippen molar-refractivity contribution in [1.82, 2.24) is 10.1 Å². The van der Waals surface area contributed by atoms with Gasteiger partial charge in [0.1, 0.15) is 22.9 Å². The molecular formula is C24H20F2N2O2. The third-order valence-corrected chi connectivity index (χ3v) is 4.90. The summed E-state index contributed by atoms with van der Waals surface area (Å²) in [6.07, 6.45) is 0. The van der Waals surface area contributed by atoms with Crippen molar-refractivity contribution in [2.45, 2.75) is 26.2 Å². The highest BCUT2D eigenvalue weighted by Gasteiger charge is 2.24. The number of nitrogens with zero attached hydrogens (tertiary/aromatic N) is 2. The van der Waals surface area contributed by atoms with Crippen molar-refractivity contribution >= 4 is 0 Å². The first-order valence-corrected chi connectivity index (χ1v) is 9.47. The Bertz CT molecular complexity index is 1190. The molecule has 3 aromatic carbocycles.